The van der Waals surface area contributed by atoms with Gasteiger partial charge in [0, 0.05) is 11.4 Å². The van der Waals surface area contributed by atoms with Crippen LogP contribution in [0.2, 0.25) is 0 Å². The zero-order valence-electron chi connectivity index (χ0n) is 9.44. The molecule has 0 aliphatic heterocycles. The monoisotopic (exact) mass is 340 g/mol. The Morgan fingerprint density at radius 3 is 2.53 bits per heavy atom. The number of amides is 1. The highest BCUT2D eigenvalue weighted by atomic mass is 79.9. The minimum absolute atomic E-state index is 0.207. The average Bonchev–Trinajstić information content (AvgIpc) is 2.54. The van der Waals surface area contributed by atoms with E-state index in [1.54, 1.807) is 19.9 Å². The van der Waals surface area contributed by atoms with E-state index in [0.29, 0.717) is 4.88 Å². The molecule has 0 aliphatic rings. The molecule has 5 nitrogen and oxygen atoms in total. The lowest BCUT2D eigenvalue weighted by molar-refractivity contribution is -0.118. The standard InChI is InChI=1S/C9H13BrN2O3S2/c1-3-12(5-9(11)13)17(14,15)7-4-8(10)16-6(7)2/h4H,3,5H2,1-2H3,(H2,11,13). The third kappa shape index (κ3) is 3.27. The van der Waals surface area contributed by atoms with Crippen LogP contribution in [-0.4, -0.2) is 31.7 Å². The number of nitrogens with two attached hydrogens (primary N) is 1. The number of rotatable bonds is 5. The highest BCUT2D eigenvalue weighted by Crippen LogP contribution is 2.31. The van der Waals surface area contributed by atoms with Crippen molar-refractivity contribution in [1.82, 2.24) is 4.31 Å². The van der Waals surface area contributed by atoms with Gasteiger partial charge in [0.25, 0.3) is 0 Å². The molecule has 0 radical (unpaired) electrons. The van der Waals surface area contributed by atoms with Gasteiger partial charge in [-0.2, -0.15) is 4.31 Å². The Labute approximate surface area is 113 Å². The molecule has 1 aromatic heterocycles. The molecule has 1 heterocycles. The van der Waals surface area contributed by atoms with E-state index in [0.717, 1.165) is 8.09 Å². The summed E-state index contributed by atoms with van der Waals surface area (Å²) in [6.45, 7) is 3.29. The zero-order chi connectivity index (χ0) is 13.2. The molecule has 2 N–H and O–H groups in total. The van der Waals surface area contributed by atoms with Gasteiger partial charge in [0.2, 0.25) is 15.9 Å². The number of thiophene rings is 1. The van der Waals surface area contributed by atoms with Crippen molar-refractivity contribution < 1.29 is 13.2 Å². The predicted octanol–water partition coefficient (Wildman–Crippen LogP) is 1.31. The maximum Gasteiger partial charge on any atom is 0.244 e. The molecule has 1 rings (SSSR count). The quantitative estimate of drug-likeness (QED) is 0.877. The molecule has 96 valence electrons. The number of likely N-dealkylation sites (N-methyl/N-ethyl adjacent to an activating group) is 1. The van der Waals surface area contributed by atoms with Crippen molar-refractivity contribution in [2.24, 2.45) is 5.73 Å². The van der Waals surface area contributed by atoms with Gasteiger partial charge in [-0.15, -0.1) is 11.3 Å². The fraction of sp³-hybridized carbons (Fsp3) is 0.444. The highest BCUT2D eigenvalue weighted by molar-refractivity contribution is 9.11. The third-order valence-electron chi connectivity index (χ3n) is 2.14. The summed E-state index contributed by atoms with van der Waals surface area (Å²) < 4.78 is 26.3. The van der Waals surface area contributed by atoms with E-state index in [9.17, 15) is 13.2 Å². The Kier molecular flexibility index (Phi) is 4.70. The zero-order valence-corrected chi connectivity index (χ0v) is 12.7. The van der Waals surface area contributed by atoms with Gasteiger partial charge >= 0.3 is 0 Å². The summed E-state index contributed by atoms with van der Waals surface area (Å²) in [5, 5.41) is 0. The van der Waals surface area contributed by atoms with Crippen molar-refractivity contribution in [1.29, 1.82) is 0 Å². The second-order valence-corrected chi connectivity index (χ2v) is 7.91. The van der Waals surface area contributed by atoms with Crippen molar-refractivity contribution in [2.75, 3.05) is 13.1 Å². The lowest BCUT2D eigenvalue weighted by Gasteiger charge is -2.18. The molecule has 0 aromatic carbocycles. The van der Waals surface area contributed by atoms with Crippen molar-refractivity contribution in [3.63, 3.8) is 0 Å². The number of carbonyl (C=O) groups is 1. The van der Waals surface area contributed by atoms with E-state index >= 15 is 0 Å². The topological polar surface area (TPSA) is 80.5 Å². The molecular weight excluding hydrogens is 328 g/mol. The van der Waals surface area contributed by atoms with E-state index in [1.165, 1.54) is 11.3 Å². The summed E-state index contributed by atoms with van der Waals surface area (Å²) in [5.74, 6) is -0.664. The largest absolute Gasteiger partial charge is 0.369 e. The highest BCUT2D eigenvalue weighted by Gasteiger charge is 2.27. The number of hydrogen-bond acceptors (Lipinski definition) is 4. The number of aryl methyl sites for hydroxylation is 1. The first kappa shape index (κ1) is 14.6. The molecule has 17 heavy (non-hydrogen) atoms. The van der Waals surface area contributed by atoms with Crippen LogP contribution in [0.25, 0.3) is 0 Å². The summed E-state index contributed by atoms with van der Waals surface area (Å²) in [4.78, 5) is 11.7. The van der Waals surface area contributed by atoms with E-state index < -0.39 is 15.9 Å². The van der Waals surface area contributed by atoms with Crippen LogP contribution in [0.1, 0.15) is 11.8 Å². The average molecular weight is 341 g/mol. The normalized spacial score (nSPS) is 12.0. The minimum atomic E-state index is -3.64. The Morgan fingerprint density at radius 2 is 2.18 bits per heavy atom. The van der Waals surface area contributed by atoms with E-state index in [1.807, 2.05) is 0 Å². The van der Waals surface area contributed by atoms with Gasteiger partial charge in [-0.05, 0) is 28.9 Å². The molecule has 0 saturated heterocycles. The number of primary amides is 1. The van der Waals surface area contributed by atoms with Crippen LogP contribution in [-0.2, 0) is 14.8 Å². The lowest BCUT2D eigenvalue weighted by atomic mass is 10.5. The fourth-order valence-corrected chi connectivity index (χ4v) is 5.16. The van der Waals surface area contributed by atoms with Crippen LogP contribution in [0.15, 0.2) is 14.7 Å². The van der Waals surface area contributed by atoms with Gasteiger partial charge < -0.3 is 5.73 Å². The Balaban J connectivity index is 3.17. The van der Waals surface area contributed by atoms with Gasteiger partial charge in [0.05, 0.1) is 15.2 Å². The van der Waals surface area contributed by atoms with Crippen LogP contribution in [0.3, 0.4) is 0 Å². The SMILES string of the molecule is CCN(CC(N)=O)S(=O)(=O)c1cc(Br)sc1C. The molecular formula is C9H13BrN2O3S2. The fourth-order valence-electron chi connectivity index (χ4n) is 1.37. The maximum atomic E-state index is 12.2. The third-order valence-corrected chi connectivity index (χ3v) is 5.87. The molecule has 0 aliphatic carbocycles. The van der Waals surface area contributed by atoms with Crippen LogP contribution in [0.5, 0.6) is 0 Å². The van der Waals surface area contributed by atoms with Crippen LogP contribution >= 0.6 is 27.3 Å². The molecule has 0 bridgehead atoms. The summed E-state index contributed by atoms with van der Waals surface area (Å²) in [6.07, 6.45) is 0. The van der Waals surface area contributed by atoms with Crippen molar-refractivity contribution in [3.8, 4) is 0 Å². The molecule has 0 atom stereocenters. The minimum Gasteiger partial charge on any atom is -0.369 e. The van der Waals surface area contributed by atoms with Crippen molar-refractivity contribution in [2.45, 2.75) is 18.7 Å². The van der Waals surface area contributed by atoms with Gasteiger partial charge in [-0.3, -0.25) is 4.79 Å². The summed E-state index contributed by atoms with van der Waals surface area (Å²) in [6, 6.07) is 1.54. The second-order valence-electron chi connectivity index (χ2n) is 3.37. The van der Waals surface area contributed by atoms with Crippen LogP contribution in [0, 0.1) is 6.92 Å². The van der Waals surface area contributed by atoms with E-state index in [4.69, 9.17) is 5.73 Å². The van der Waals surface area contributed by atoms with Crippen molar-refractivity contribution in [3.05, 3.63) is 14.7 Å². The van der Waals surface area contributed by atoms with Crippen LogP contribution in [0.4, 0.5) is 0 Å². The maximum absolute atomic E-state index is 12.2. The van der Waals surface area contributed by atoms with E-state index in [2.05, 4.69) is 15.9 Å². The predicted molar refractivity (Wildman–Crippen MR) is 70.4 cm³/mol. The molecule has 8 heteroatoms. The van der Waals surface area contributed by atoms with Gasteiger partial charge in [-0.1, -0.05) is 6.92 Å². The second kappa shape index (κ2) is 5.47. The number of nitrogens with zero attached hydrogens (tertiary/aromatic N) is 1. The molecule has 0 unspecified atom stereocenters. The molecule has 0 fully saturated rings. The Hall–Kier alpha value is -0.440. The van der Waals surface area contributed by atoms with Crippen LogP contribution < -0.4 is 5.73 Å². The lowest BCUT2D eigenvalue weighted by Crippen LogP contribution is -2.38. The molecule has 1 amide bonds. The molecule has 0 spiro atoms. The summed E-state index contributed by atoms with van der Waals surface area (Å²) >= 11 is 4.58. The first-order valence-electron chi connectivity index (χ1n) is 4.83. The number of carbonyl (C=O) groups excluding carboxylic acids is 1. The van der Waals surface area contributed by atoms with Crippen molar-refractivity contribution >= 4 is 43.2 Å². The first-order chi connectivity index (χ1) is 7.78. The Bertz CT molecular complexity index is 524. The number of halogens is 1. The summed E-state index contributed by atoms with van der Waals surface area (Å²) in [5.41, 5.74) is 5.04. The first-order valence-corrected chi connectivity index (χ1v) is 7.88. The van der Waals surface area contributed by atoms with E-state index in [-0.39, 0.29) is 18.0 Å². The number of sulfonamides is 1. The van der Waals surface area contributed by atoms with Gasteiger partial charge in [0.15, 0.2) is 0 Å². The Morgan fingerprint density at radius 1 is 1.59 bits per heavy atom. The molecule has 1 aromatic rings. The summed E-state index contributed by atoms with van der Waals surface area (Å²) in [7, 11) is -3.64. The number of hydrogen-bond donors (Lipinski definition) is 1. The van der Waals surface area contributed by atoms with Gasteiger partial charge in [0.1, 0.15) is 0 Å². The molecule has 0 saturated carbocycles. The van der Waals surface area contributed by atoms with Gasteiger partial charge in [-0.25, -0.2) is 8.42 Å². The smallest absolute Gasteiger partial charge is 0.244 e.